The number of amides is 2. The maximum Gasteiger partial charge on any atom is 0.271 e. The highest BCUT2D eigenvalue weighted by molar-refractivity contribution is 5.94. The highest BCUT2D eigenvalue weighted by atomic mass is 19.1. The van der Waals surface area contributed by atoms with Gasteiger partial charge in [-0.1, -0.05) is 39.3 Å². The number of carbonyl (C=O) groups is 2. The summed E-state index contributed by atoms with van der Waals surface area (Å²) in [6, 6.07) is 8.83. The van der Waals surface area contributed by atoms with Crippen LogP contribution < -0.4 is 26.0 Å². The number of anilines is 3. The van der Waals surface area contributed by atoms with Gasteiger partial charge in [-0.3, -0.25) is 9.59 Å². The Kier molecular flexibility index (Phi) is 13.1. The van der Waals surface area contributed by atoms with Crippen LogP contribution in [0.15, 0.2) is 36.5 Å². The van der Waals surface area contributed by atoms with Gasteiger partial charge in [0.15, 0.2) is 17.2 Å². The minimum atomic E-state index is -0.995. The summed E-state index contributed by atoms with van der Waals surface area (Å²) in [6.45, 7) is 7.60. The van der Waals surface area contributed by atoms with Gasteiger partial charge in [-0.15, -0.1) is 5.10 Å². The van der Waals surface area contributed by atoms with Crippen LogP contribution >= 0.6 is 0 Å². The topological polar surface area (TPSA) is 142 Å². The van der Waals surface area contributed by atoms with E-state index in [4.69, 9.17) is 4.74 Å². The summed E-state index contributed by atoms with van der Waals surface area (Å²) in [5.74, 6) is 0.696. The number of alkyl halides is 1. The number of benzene rings is 1. The number of halogens is 1. The van der Waals surface area contributed by atoms with Crippen molar-refractivity contribution >= 4 is 34.7 Å². The Bertz CT molecular complexity index is 1230. The molecule has 4 rings (SSSR count). The maximum atomic E-state index is 13.2. The van der Waals surface area contributed by atoms with E-state index in [-0.39, 0.29) is 24.3 Å². The largest absolute Gasteiger partial charge is 0.488 e. The predicted octanol–water partition coefficient (Wildman–Crippen LogP) is 4.06. The number of hydrogen-bond acceptors (Lipinski definition) is 8. The lowest BCUT2D eigenvalue weighted by atomic mass is 10.1. The Morgan fingerprint density at radius 2 is 1.88 bits per heavy atom. The standard InChI is InChI=1S/C23H29FN6O3.C3H7NO.C2H6/c1-3-6-14(9-10-31)33-20-8-5-4-7-16(20)27-21-12-18(25-2)22-26-13-19(30(22)29-21)23(32)28-17-11-15(17)24;1-3(5)4-2;1-2/h4-5,7-8,12-15,17,25,31H,3,6,9-11H2,1-2H3,(H,27,29)(H,28,32);1-2H3,(H,4,5);1-2H3/t14?,15?,17-;;/m1../s1. The molecule has 11 nitrogen and oxygen atoms in total. The highest BCUT2D eigenvalue weighted by Gasteiger charge is 2.39. The van der Waals surface area contributed by atoms with E-state index < -0.39 is 18.1 Å². The van der Waals surface area contributed by atoms with Crippen molar-refractivity contribution in [2.24, 2.45) is 0 Å². The van der Waals surface area contributed by atoms with Crippen LogP contribution in [0.5, 0.6) is 5.75 Å². The summed E-state index contributed by atoms with van der Waals surface area (Å²) in [5, 5.41) is 25.3. The fourth-order valence-electron chi connectivity index (χ4n) is 3.64. The number of nitrogens with one attached hydrogen (secondary N) is 4. The minimum Gasteiger partial charge on any atom is -0.488 e. The maximum absolute atomic E-state index is 13.2. The van der Waals surface area contributed by atoms with Crippen LogP contribution in [0.3, 0.4) is 0 Å². The molecule has 3 aromatic rings. The van der Waals surface area contributed by atoms with E-state index >= 15 is 0 Å². The van der Waals surface area contributed by atoms with Crippen LogP contribution in [-0.4, -0.2) is 70.5 Å². The second-order valence-corrected chi connectivity index (χ2v) is 8.87. The first-order valence-corrected chi connectivity index (χ1v) is 13.6. The number of rotatable bonds is 11. The van der Waals surface area contributed by atoms with Gasteiger partial charge >= 0.3 is 0 Å². The monoisotopic (exact) mass is 559 g/mol. The van der Waals surface area contributed by atoms with E-state index in [1.165, 1.54) is 17.6 Å². The molecular formula is C28H42FN7O4. The molecule has 0 aliphatic heterocycles. The molecule has 0 spiro atoms. The van der Waals surface area contributed by atoms with Crippen LogP contribution in [0.25, 0.3) is 5.65 Å². The lowest BCUT2D eigenvalue weighted by molar-refractivity contribution is -0.118. The van der Waals surface area contributed by atoms with Gasteiger partial charge in [0, 0.05) is 46.5 Å². The molecule has 1 aromatic carbocycles. The number of ether oxygens (including phenoxy) is 1. The molecule has 5 N–H and O–H groups in total. The molecule has 1 saturated carbocycles. The molecule has 1 aliphatic rings. The molecule has 2 heterocycles. The first kappa shape index (κ1) is 32.3. The molecule has 1 aliphatic carbocycles. The summed E-state index contributed by atoms with van der Waals surface area (Å²) >= 11 is 0. The highest BCUT2D eigenvalue weighted by Crippen LogP contribution is 2.31. The molecule has 1 fully saturated rings. The quantitative estimate of drug-likeness (QED) is 0.237. The molecule has 2 unspecified atom stereocenters. The van der Waals surface area contributed by atoms with Crippen LogP contribution in [0, 0.1) is 0 Å². The third-order valence-electron chi connectivity index (χ3n) is 5.86. The number of para-hydroxylation sites is 2. The molecule has 0 bridgehead atoms. The van der Waals surface area contributed by atoms with Crippen molar-refractivity contribution in [3.05, 3.63) is 42.2 Å². The smallest absolute Gasteiger partial charge is 0.271 e. The Hall–Kier alpha value is -3.93. The minimum absolute atomic E-state index is 0.00463. The Morgan fingerprint density at radius 3 is 2.45 bits per heavy atom. The average molecular weight is 560 g/mol. The van der Waals surface area contributed by atoms with E-state index in [0.717, 1.165) is 12.8 Å². The van der Waals surface area contributed by atoms with Gasteiger partial charge in [0.05, 0.1) is 23.6 Å². The van der Waals surface area contributed by atoms with Crippen LogP contribution in [-0.2, 0) is 4.79 Å². The molecule has 40 heavy (non-hydrogen) atoms. The van der Waals surface area contributed by atoms with Crippen LogP contribution in [0.2, 0.25) is 0 Å². The van der Waals surface area contributed by atoms with Crippen molar-refractivity contribution in [1.82, 2.24) is 25.2 Å². The molecule has 220 valence electrons. The lowest BCUT2D eigenvalue weighted by Crippen LogP contribution is -2.28. The first-order valence-electron chi connectivity index (χ1n) is 13.6. The number of fused-ring (bicyclic) bond motifs is 1. The number of carbonyl (C=O) groups excluding carboxylic acids is 2. The number of hydrogen-bond donors (Lipinski definition) is 5. The second-order valence-electron chi connectivity index (χ2n) is 8.87. The summed E-state index contributed by atoms with van der Waals surface area (Å²) < 4.78 is 20.8. The molecule has 12 heteroatoms. The molecule has 2 amide bonds. The molecule has 3 atom stereocenters. The fourth-order valence-corrected chi connectivity index (χ4v) is 3.64. The first-order chi connectivity index (χ1) is 19.3. The second kappa shape index (κ2) is 16.2. The van der Waals surface area contributed by atoms with Crippen LogP contribution in [0.4, 0.5) is 21.6 Å². The summed E-state index contributed by atoms with van der Waals surface area (Å²) in [7, 11) is 3.36. The zero-order valence-corrected chi connectivity index (χ0v) is 24.1. The Labute approximate surface area is 234 Å². The number of aliphatic hydroxyl groups excluding tert-OH is 1. The molecule has 2 aromatic heterocycles. The summed E-state index contributed by atoms with van der Waals surface area (Å²) in [4.78, 5) is 26.6. The third kappa shape index (κ3) is 9.08. The van der Waals surface area contributed by atoms with Gasteiger partial charge < -0.3 is 31.1 Å². The average Bonchev–Trinajstić information content (AvgIpc) is 3.47. The van der Waals surface area contributed by atoms with Gasteiger partial charge in [0.1, 0.15) is 18.0 Å². The summed E-state index contributed by atoms with van der Waals surface area (Å²) in [5.41, 5.74) is 2.08. The van der Waals surface area contributed by atoms with Crippen molar-refractivity contribution in [3.8, 4) is 5.75 Å². The van der Waals surface area contributed by atoms with E-state index in [0.29, 0.717) is 41.4 Å². The molecular weight excluding hydrogens is 517 g/mol. The Balaban J connectivity index is 0.000000722. The zero-order valence-electron chi connectivity index (χ0n) is 24.1. The van der Waals surface area contributed by atoms with Gasteiger partial charge in [-0.05, 0) is 18.6 Å². The van der Waals surface area contributed by atoms with E-state index in [9.17, 15) is 19.1 Å². The number of aliphatic hydroxyl groups is 1. The van der Waals surface area contributed by atoms with Crippen molar-refractivity contribution in [1.29, 1.82) is 0 Å². The van der Waals surface area contributed by atoms with Gasteiger partial charge in [0.25, 0.3) is 5.91 Å². The van der Waals surface area contributed by atoms with Crippen molar-refractivity contribution in [2.45, 2.75) is 71.7 Å². The third-order valence-corrected chi connectivity index (χ3v) is 5.86. The van der Waals surface area contributed by atoms with E-state index in [2.05, 4.69) is 38.3 Å². The van der Waals surface area contributed by atoms with Crippen molar-refractivity contribution < 1.29 is 23.8 Å². The van der Waals surface area contributed by atoms with Crippen molar-refractivity contribution in [2.75, 3.05) is 31.3 Å². The fraction of sp³-hybridized carbons (Fsp3) is 0.500. The number of aromatic nitrogens is 3. The van der Waals surface area contributed by atoms with Crippen LogP contribution in [0.1, 0.15) is 63.9 Å². The SMILES string of the molecule is CC.CCCC(CCO)Oc1ccccc1Nc1cc(NC)c2ncc(C(=O)N[C@@H]3CC3F)n2n1.CNC(C)=O. The van der Waals surface area contributed by atoms with Gasteiger partial charge in [-0.2, -0.15) is 0 Å². The summed E-state index contributed by atoms with van der Waals surface area (Å²) in [6.07, 6.45) is 2.99. The normalized spacial score (nSPS) is 15.9. The van der Waals surface area contributed by atoms with E-state index in [1.807, 2.05) is 38.1 Å². The predicted molar refractivity (Wildman–Crippen MR) is 155 cm³/mol. The Morgan fingerprint density at radius 1 is 1.20 bits per heavy atom. The van der Waals surface area contributed by atoms with E-state index in [1.54, 1.807) is 20.2 Å². The van der Waals surface area contributed by atoms with Gasteiger partial charge in [0.2, 0.25) is 5.91 Å². The molecule has 0 saturated heterocycles. The zero-order chi connectivity index (χ0) is 29.7. The van der Waals surface area contributed by atoms with Gasteiger partial charge in [-0.25, -0.2) is 13.9 Å². The molecule has 0 radical (unpaired) electrons. The van der Waals surface area contributed by atoms with Crippen molar-refractivity contribution in [3.63, 3.8) is 0 Å². The lowest BCUT2D eigenvalue weighted by Gasteiger charge is -2.20. The number of nitrogens with zero attached hydrogens (tertiary/aromatic N) is 3. The number of imidazole rings is 1.